The predicted molar refractivity (Wildman–Crippen MR) is 108 cm³/mol. The minimum absolute atomic E-state index is 0.0566. The maximum atomic E-state index is 11.1. The number of nitrogens with zero attached hydrogens (tertiary/aromatic N) is 2. The van der Waals surface area contributed by atoms with Crippen molar-refractivity contribution in [3.05, 3.63) is 41.6 Å². The number of carboxylic acid groups (broad SMARTS) is 1. The molecule has 1 saturated carbocycles. The maximum Gasteiger partial charge on any atom is 0.306 e. The van der Waals surface area contributed by atoms with E-state index < -0.39 is 5.97 Å². The van der Waals surface area contributed by atoms with Crippen molar-refractivity contribution >= 4 is 39.7 Å². The number of aliphatic carboxylic acids is 1. The molecule has 0 amide bonds. The van der Waals surface area contributed by atoms with Crippen molar-refractivity contribution in [1.82, 2.24) is 15.0 Å². The molecule has 2 N–H and O–H groups in total. The van der Waals surface area contributed by atoms with Gasteiger partial charge in [-0.1, -0.05) is 29.8 Å². The van der Waals surface area contributed by atoms with Crippen LogP contribution in [0.4, 0.5) is 0 Å². The summed E-state index contributed by atoms with van der Waals surface area (Å²) in [6.07, 6.45) is 4.20. The molecule has 5 rings (SSSR count). The number of pyridine rings is 1. The number of nitrogens with one attached hydrogen (secondary N) is 1. The molecule has 0 spiro atoms. The highest BCUT2D eigenvalue weighted by Crippen LogP contribution is 2.35. The van der Waals surface area contributed by atoms with Crippen LogP contribution >= 0.6 is 11.6 Å². The second kappa shape index (κ2) is 7.08. The molecule has 0 radical (unpaired) electrons. The topological polar surface area (TPSA) is 101 Å². The fraction of sp³-hybridized carbons (Fsp3) is 0.286. The van der Waals surface area contributed by atoms with Crippen LogP contribution in [0.25, 0.3) is 33.4 Å². The van der Waals surface area contributed by atoms with Gasteiger partial charge in [-0.25, -0.2) is 4.98 Å². The smallest absolute Gasteiger partial charge is 0.306 e. The minimum Gasteiger partial charge on any atom is -0.481 e. The number of fused-ring (bicyclic) bond motifs is 2. The van der Waals surface area contributed by atoms with Gasteiger partial charge in [0.1, 0.15) is 18.0 Å². The van der Waals surface area contributed by atoms with Crippen LogP contribution in [0.15, 0.2) is 41.0 Å². The first-order valence-electron chi connectivity index (χ1n) is 9.51. The van der Waals surface area contributed by atoms with Gasteiger partial charge in [-0.3, -0.25) is 4.79 Å². The van der Waals surface area contributed by atoms with E-state index in [2.05, 4.69) is 15.0 Å². The number of rotatable bonds is 4. The molecule has 3 aromatic heterocycles. The Balaban J connectivity index is 1.42. The van der Waals surface area contributed by atoms with E-state index in [1.807, 2.05) is 24.3 Å². The van der Waals surface area contributed by atoms with Gasteiger partial charge in [-0.2, -0.15) is 4.98 Å². The summed E-state index contributed by atoms with van der Waals surface area (Å²) in [6.45, 7) is 0. The molecular weight excluding hydrogens is 394 g/mol. The molecule has 3 heterocycles. The van der Waals surface area contributed by atoms with Crippen molar-refractivity contribution in [2.24, 2.45) is 5.92 Å². The number of aromatic nitrogens is 3. The van der Waals surface area contributed by atoms with Crippen LogP contribution < -0.4 is 4.74 Å². The van der Waals surface area contributed by atoms with Crippen molar-refractivity contribution in [2.75, 3.05) is 0 Å². The van der Waals surface area contributed by atoms with Crippen molar-refractivity contribution < 1.29 is 19.1 Å². The molecule has 7 nitrogen and oxygen atoms in total. The Hall–Kier alpha value is -3.06. The number of halogens is 1. The number of benzene rings is 1. The summed E-state index contributed by atoms with van der Waals surface area (Å²) in [7, 11) is 0. The quantitative estimate of drug-likeness (QED) is 0.487. The van der Waals surface area contributed by atoms with Crippen LogP contribution in [0, 0.1) is 5.92 Å². The Labute approximate surface area is 170 Å². The van der Waals surface area contributed by atoms with Crippen LogP contribution in [0.2, 0.25) is 5.02 Å². The minimum atomic E-state index is -0.731. The molecule has 1 aliphatic rings. The second-order valence-electron chi connectivity index (χ2n) is 7.31. The number of hydrogen-bond acceptors (Lipinski definition) is 5. The van der Waals surface area contributed by atoms with Crippen LogP contribution in [0.5, 0.6) is 6.01 Å². The lowest BCUT2D eigenvalue weighted by atomic mass is 9.87. The van der Waals surface area contributed by atoms with Gasteiger partial charge in [0.15, 0.2) is 5.65 Å². The molecule has 8 heteroatoms. The van der Waals surface area contributed by atoms with E-state index in [4.69, 9.17) is 25.9 Å². The van der Waals surface area contributed by atoms with E-state index in [-0.39, 0.29) is 12.0 Å². The van der Waals surface area contributed by atoms with E-state index in [0.29, 0.717) is 53.6 Å². The van der Waals surface area contributed by atoms with Crippen LogP contribution in [-0.2, 0) is 4.79 Å². The summed E-state index contributed by atoms with van der Waals surface area (Å²) in [5.74, 6) is -1.01. The third-order valence-corrected chi connectivity index (χ3v) is 5.73. The van der Waals surface area contributed by atoms with E-state index >= 15 is 0 Å². The Kier molecular flexibility index (Phi) is 4.39. The van der Waals surface area contributed by atoms with Crippen molar-refractivity contribution in [3.8, 4) is 17.3 Å². The fourth-order valence-corrected chi connectivity index (χ4v) is 4.14. The number of hydrogen-bond donors (Lipinski definition) is 2. The first kappa shape index (κ1) is 18.0. The molecule has 148 valence electrons. The molecule has 1 aromatic carbocycles. The molecule has 0 saturated heterocycles. The second-order valence-corrected chi connectivity index (χ2v) is 7.71. The highest BCUT2D eigenvalue weighted by molar-refractivity contribution is 6.34. The average molecular weight is 412 g/mol. The van der Waals surface area contributed by atoms with E-state index in [0.717, 1.165) is 16.5 Å². The van der Waals surface area contributed by atoms with Gasteiger partial charge >= 0.3 is 5.97 Å². The summed E-state index contributed by atoms with van der Waals surface area (Å²) in [4.78, 5) is 23.3. The Morgan fingerprint density at radius 1 is 1.21 bits per heavy atom. The average Bonchev–Trinajstić information content (AvgIpc) is 3.31. The van der Waals surface area contributed by atoms with Gasteiger partial charge in [0.05, 0.1) is 22.2 Å². The highest BCUT2D eigenvalue weighted by atomic mass is 35.5. The number of para-hydroxylation sites is 1. The number of H-pyrrole nitrogens is 1. The predicted octanol–water partition coefficient (Wildman–Crippen LogP) is 5.05. The SMILES string of the molecule is O=C(O)C1CCC(Oc2nc3nc(-c4coc5ccccc45)c(Cl)cc3[nH]2)CC1. The maximum absolute atomic E-state index is 11.1. The normalized spacial score (nSPS) is 19.6. The largest absolute Gasteiger partial charge is 0.481 e. The molecule has 0 aliphatic heterocycles. The lowest BCUT2D eigenvalue weighted by molar-refractivity contribution is -0.143. The third-order valence-electron chi connectivity index (χ3n) is 5.44. The number of imidazole rings is 1. The zero-order valence-corrected chi connectivity index (χ0v) is 16.1. The molecule has 0 bridgehead atoms. The number of ether oxygens (including phenoxy) is 1. The van der Waals surface area contributed by atoms with Crippen LogP contribution in [0.3, 0.4) is 0 Å². The Bertz CT molecular complexity index is 1210. The van der Waals surface area contributed by atoms with Crippen LogP contribution in [0.1, 0.15) is 25.7 Å². The third kappa shape index (κ3) is 3.31. The molecule has 29 heavy (non-hydrogen) atoms. The van der Waals surface area contributed by atoms with Crippen molar-refractivity contribution in [3.63, 3.8) is 0 Å². The number of aromatic amines is 1. The Morgan fingerprint density at radius 2 is 2.00 bits per heavy atom. The van der Waals surface area contributed by atoms with Gasteiger partial charge in [0.2, 0.25) is 0 Å². The summed E-state index contributed by atoms with van der Waals surface area (Å²) in [5, 5.41) is 10.5. The number of furan rings is 1. The summed E-state index contributed by atoms with van der Waals surface area (Å²) < 4.78 is 11.6. The zero-order valence-electron chi connectivity index (χ0n) is 15.4. The first-order valence-corrected chi connectivity index (χ1v) is 9.88. The summed E-state index contributed by atoms with van der Waals surface area (Å²) in [5.41, 5.74) is 3.36. The number of carbonyl (C=O) groups is 1. The molecule has 4 aromatic rings. The lowest BCUT2D eigenvalue weighted by Crippen LogP contribution is -2.28. The molecule has 1 aliphatic carbocycles. The fourth-order valence-electron chi connectivity index (χ4n) is 3.89. The Morgan fingerprint density at radius 3 is 2.79 bits per heavy atom. The van der Waals surface area contributed by atoms with Gasteiger partial charge in [0.25, 0.3) is 6.01 Å². The monoisotopic (exact) mass is 411 g/mol. The number of carboxylic acids is 1. The first-order chi connectivity index (χ1) is 14.1. The van der Waals surface area contributed by atoms with E-state index in [9.17, 15) is 4.79 Å². The van der Waals surface area contributed by atoms with Gasteiger partial charge < -0.3 is 19.2 Å². The highest BCUT2D eigenvalue weighted by Gasteiger charge is 2.27. The standard InChI is InChI=1S/C21H18ClN3O4/c22-15-9-16-19(24-18(15)14-10-28-17-4-2-1-3-13(14)17)25-21(23-16)29-12-7-5-11(6-8-12)20(26)27/h1-4,9-12H,5-8H2,(H,26,27)(H,23,24,25). The summed E-state index contributed by atoms with van der Waals surface area (Å²) in [6, 6.07) is 9.86. The van der Waals surface area contributed by atoms with Gasteiger partial charge in [-0.05, 0) is 37.8 Å². The zero-order chi connectivity index (χ0) is 20.0. The van der Waals surface area contributed by atoms with Crippen molar-refractivity contribution in [2.45, 2.75) is 31.8 Å². The van der Waals surface area contributed by atoms with E-state index in [1.165, 1.54) is 0 Å². The lowest BCUT2D eigenvalue weighted by Gasteiger charge is -2.25. The van der Waals surface area contributed by atoms with Gasteiger partial charge in [-0.15, -0.1) is 0 Å². The molecule has 0 unspecified atom stereocenters. The molecular formula is C21H18ClN3O4. The summed E-state index contributed by atoms with van der Waals surface area (Å²) >= 11 is 6.49. The molecule has 0 atom stereocenters. The van der Waals surface area contributed by atoms with Crippen molar-refractivity contribution in [1.29, 1.82) is 0 Å². The van der Waals surface area contributed by atoms with E-state index in [1.54, 1.807) is 12.3 Å². The van der Waals surface area contributed by atoms with Crippen LogP contribution in [-0.4, -0.2) is 32.1 Å². The van der Waals surface area contributed by atoms with Gasteiger partial charge in [0, 0.05) is 10.9 Å². The molecule has 1 fully saturated rings.